The Morgan fingerprint density at radius 1 is 0.963 bits per heavy atom. The van der Waals surface area contributed by atoms with Crippen LogP contribution in [0.2, 0.25) is 0 Å². The molecule has 0 bridgehead atoms. The molecule has 2 aromatic rings. The lowest BCUT2D eigenvalue weighted by Crippen LogP contribution is -2.37. The summed E-state index contributed by atoms with van der Waals surface area (Å²) in [5, 5.41) is 11.2. The maximum absolute atomic E-state index is 12.8. The quantitative estimate of drug-likeness (QED) is 0.461. The number of hydrogen-bond donors (Lipinski definition) is 4. The van der Waals surface area contributed by atoms with Gasteiger partial charge in [-0.1, -0.05) is 12.1 Å². The predicted molar refractivity (Wildman–Crippen MR) is 99.9 cm³/mol. The molecule has 4 amide bonds. The van der Waals surface area contributed by atoms with Crippen LogP contribution in [-0.2, 0) is 9.59 Å². The van der Waals surface area contributed by atoms with Crippen LogP contribution in [0.1, 0.15) is 12.5 Å². The Bertz CT molecular complexity index is 835. The molecular formula is C18H18FN5O3. The normalized spacial score (nSPS) is 10.3. The number of halogens is 1. The van der Waals surface area contributed by atoms with Gasteiger partial charge < -0.3 is 16.0 Å². The van der Waals surface area contributed by atoms with Crippen molar-refractivity contribution in [2.75, 3.05) is 17.2 Å². The molecule has 2 rings (SSSR count). The molecule has 0 fully saturated rings. The van der Waals surface area contributed by atoms with E-state index in [4.69, 9.17) is 0 Å². The molecule has 27 heavy (non-hydrogen) atoms. The third-order valence-corrected chi connectivity index (χ3v) is 3.15. The van der Waals surface area contributed by atoms with Crippen molar-refractivity contribution in [3.63, 3.8) is 0 Å². The zero-order valence-corrected chi connectivity index (χ0v) is 14.5. The van der Waals surface area contributed by atoms with Gasteiger partial charge in [0, 0.05) is 18.3 Å². The zero-order valence-electron chi connectivity index (χ0n) is 14.5. The van der Waals surface area contributed by atoms with Crippen molar-refractivity contribution in [1.29, 1.82) is 0 Å². The predicted octanol–water partition coefficient (Wildman–Crippen LogP) is 2.06. The average Bonchev–Trinajstić information content (AvgIpc) is 2.63. The van der Waals surface area contributed by atoms with E-state index in [1.54, 1.807) is 24.3 Å². The van der Waals surface area contributed by atoms with Gasteiger partial charge in [0.1, 0.15) is 12.4 Å². The monoisotopic (exact) mass is 371 g/mol. The molecule has 0 radical (unpaired) electrons. The Morgan fingerprint density at radius 3 is 2.19 bits per heavy atom. The summed E-state index contributed by atoms with van der Waals surface area (Å²) in [6.45, 7) is 1.13. The van der Waals surface area contributed by atoms with Crippen molar-refractivity contribution in [3.05, 3.63) is 59.9 Å². The van der Waals surface area contributed by atoms with E-state index in [9.17, 15) is 18.8 Å². The number of rotatable bonds is 6. The summed E-state index contributed by atoms with van der Waals surface area (Å²) in [5.41, 5.74) is 4.04. The molecule has 0 unspecified atom stereocenters. The van der Waals surface area contributed by atoms with Crippen LogP contribution in [-0.4, -0.2) is 30.6 Å². The van der Waals surface area contributed by atoms with Crippen molar-refractivity contribution in [2.45, 2.75) is 6.92 Å². The fourth-order valence-electron chi connectivity index (χ4n) is 1.94. The number of nitrogens with zero attached hydrogens (tertiary/aromatic N) is 1. The molecule has 0 aliphatic heterocycles. The maximum atomic E-state index is 12.8. The van der Waals surface area contributed by atoms with Crippen LogP contribution >= 0.6 is 0 Å². The Kier molecular flexibility index (Phi) is 7.00. The molecule has 0 aromatic heterocycles. The minimum atomic E-state index is -0.603. The van der Waals surface area contributed by atoms with Gasteiger partial charge in [-0.3, -0.25) is 9.59 Å². The first-order chi connectivity index (χ1) is 12.9. The zero-order chi connectivity index (χ0) is 19.6. The van der Waals surface area contributed by atoms with E-state index in [-0.39, 0.29) is 12.5 Å². The number of urea groups is 1. The largest absolute Gasteiger partial charge is 0.329 e. The lowest BCUT2D eigenvalue weighted by atomic mass is 10.2. The summed E-state index contributed by atoms with van der Waals surface area (Å²) in [7, 11) is 0. The highest BCUT2D eigenvalue weighted by Gasteiger charge is 2.05. The topological polar surface area (TPSA) is 112 Å². The van der Waals surface area contributed by atoms with E-state index >= 15 is 0 Å². The van der Waals surface area contributed by atoms with Crippen LogP contribution in [0.4, 0.5) is 20.6 Å². The number of hydrogen-bond acceptors (Lipinski definition) is 4. The van der Waals surface area contributed by atoms with Crippen LogP contribution in [0, 0.1) is 5.82 Å². The van der Waals surface area contributed by atoms with Gasteiger partial charge in [-0.25, -0.2) is 14.6 Å². The van der Waals surface area contributed by atoms with Gasteiger partial charge in [0.25, 0.3) is 5.91 Å². The Morgan fingerprint density at radius 2 is 1.56 bits per heavy atom. The van der Waals surface area contributed by atoms with Crippen LogP contribution < -0.4 is 21.4 Å². The Hall–Kier alpha value is -3.75. The van der Waals surface area contributed by atoms with Crippen LogP contribution in [0.15, 0.2) is 53.6 Å². The fourth-order valence-corrected chi connectivity index (χ4v) is 1.94. The summed E-state index contributed by atoms with van der Waals surface area (Å²) in [6, 6.07) is 11.4. The average molecular weight is 371 g/mol. The Labute approximate surface area is 154 Å². The van der Waals surface area contributed by atoms with Crippen LogP contribution in [0.5, 0.6) is 0 Å². The number of benzene rings is 2. The molecule has 0 saturated heterocycles. The number of carbonyl (C=O) groups excluding carboxylic acids is 3. The van der Waals surface area contributed by atoms with E-state index in [1.807, 2.05) is 0 Å². The van der Waals surface area contributed by atoms with Crippen LogP contribution in [0.3, 0.4) is 0 Å². The second kappa shape index (κ2) is 9.66. The Balaban J connectivity index is 1.72. The summed E-state index contributed by atoms with van der Waals surface area (Å²) >= 11 is 0. The van der Waals surface area contributed by atoms with E-state index < -0.39 is 17.8 Å². The van der Waals surface area contributed by atoms with E-state index in [0.717, 1.165) is 0 Å². The first kappa shape index (κ1) is 19.6. The smallest absolute Gasteiger partial charge is 0.319 e. The number of anilines is 2. The molecule has 2 aromatic carbocycles. The fraction of sp³-hybridized carbons (Fsp3) is 0.111. The van der Waals surface area contributed by atoms with E-state index in [0.29, 0.717) is 16.9 Å². The summed E-state index contributed by atoms with van der Waals surface area (Å²) in [5.74, 6) is -1.10. The van der Waals surface area contributed by atoms with Gasteiger partial charge in [-0.05, 0) is 42.0 Å². The molecule has 0 spiro atoms. The number of hydrazone groups is 1. The first-order valence-electron chi connectivity index (χ1n) is 7.92. The van der Waals surface area contributed by atoms with Gasteiger partial charge in [-0.15, -0.1) is 0 Å². The van der Waals surface area contributed by atoms with Crippen molar-refractivity contribution in [1.82, 2.24) is 10.7 Å². The standard InChI is InChI=1S/C18H18FN5O3/c1-12(25)22-15-6-2-13(3-7-15)10-21-24-17(26)11-20-18(27)23-16-8-4-14(19)5-9-16/h2-10H,11H2,1H3,(H,22,25)(H,24,26)(H2,20,23,27). The molecule has 0 atom stereocenters. The number of nitrogens with one attached hydrogen (secondary N) is 4. The lowest BCUT2D eigenvalue weighted by molar-refractivity contribution is -0.120. The highest BCUT2D eigenvalue weighted by molar-refractivity contribution is 5.92. The van der Waals surface area contributed by atoms with E-state index in [1.165, 1.54) is 37.4 Å². The molecule has 140 valence electrons. The first-order valence-corrected chi connectivity index (χ1v) is 7.92. The van der Waals surface area contributed by atoms with Crippen molar-refractivity contribution in [2.24, 2.45) is 5.10 Å². The summed E-state index contributed by atoms with van der Waals surface area (Å²) < 4.78 is 12.8. The molecule has 0 saturated carbocycles. The van der Waals surface area contributed by atoms with E-state index in [2.05, 4.69) is 26.5 Å². The van der Waals surface area contributed by atoms with Gasteiger partial charge >= 0.3 is 6.03 Å². The van der Waals surface area contributed by atoms with Crippen molar-refractivity contribution < 1.29 is 18.8 Å². The van der Waals surface area contributed by atoms with Gasteiger partial charge in [-0.2, -0.15) is 5.10 Å². The van der Waals surface area contributed by atoms with Crippen molar-refractivity contribution >= 4 is 35.4 Å². The van der Waals surface area contributed by atoms with Gasteiger partial charge in [0.05, 0.1) is 6.21 Å². The number of amides is 4. The second-order valence-corrected chi connectivity index (χ2v) is 5.41. The molecule has 0 heterocycles. The molecule has 8 nitrogen and oxygen atoms in total. The maximum Gasteiger partial charge on any atom is 0.319 e. The van der Waals surface area contributed by atoms with Gasteiger partial charge in [0.2, 0.25) is 5.91 Å². The highest BCUT2D eigenvalue weighted by Crippen LogP contribution is 2.08. The second-order valence-electron chi connectivity index (χ2n) is 5.41. The molecule has 0 aliphatic carbocycles. The summed E-state index contributed by atoms with van der Waals surface area (Å²) in [6.07, 6.45) is 1.42. The van der Waals surface area contributed by atoms with Crippen molar-refractivity contribution in [3.8, 4) is 0 Å². The third kappa shape index (κ3) is 7.34. The molecule has 0 aliphatic rings. The third-order valence-electron chi connectivity index (χ3n) is 3.15. The minimum absolute atomic E-state index is 0.167. The lowest BCUT2D eigenvalue weighted by Gasteiger charge is -2.06. The minimum Gasteiger partial charge on any atom is -0.329 e. The summed E-state index contributed by atoms with van der Waals surface area (Å²) in [4.78, 5) is 34.2. The van der Waals surface area contributed by atoms with Crippen LogP contribution in [0.25, 0.3) is 0 Å². The number of carbonyl (C=O) groups is 3. The molecule has 4 N–H and O–H groups in total. The SMILES string of the molecule is CC(=O)Nc1ccc(C=NNC(=O)CNC(=O)Nc2ccc(F)cc2)cc1. The molecule has 9 heteroatoms. The highest BCUT2D eigenvalue weighted by atomic mass is 19.1. The van der Waals surface area contributed by atoms with Gasteiger partial charge in [0.15, 0.2) is 0 Å². The molecular weight excluding hydrogens is 353 g/mol.